The molecule has 0 aliphatic rings. The molecule has 3 aromatic rings. The van der Waals surface area contributed by atoms with Gasteiger partial charge in [-0.3, -0.25) is 9.78 Å². The Morgan fingerprint density at radius 2 is 1.96 bits per heavy atom. The van der Waals surface area contributed by atoms with Gasteiger partial charge < -0.3 is 15.4 Å². The fourth-order valence-corrected chi connectivity index (χ4v) is 2.26. The smallest absolute Gasteiger partial charge is 0.221 e. The fraction of sp³-hybridized carbons (Fsp3) is 0.105. The summed E-state index contributed by atoms with van der Waals surface area (Å²) in [6.45, 7) is 2.07. The van der Waals surface area contributed by atoms with Crippen LogP contribution in [0, 0.1) is 0 Å². The molecule has 0 radical (unpaired) electrons. The average molecular weight is 334 g/mol. The lowest BCUT2D eigenvalue weighted by atomic mass is 10.1. The van der Waals surface area contributed by atoms with Crippen LogP contribution in [0.1, 0.15) is 12.5 Å². The van der Waals surface area contributed by atoms with Gasteiger partial charge in [0.1, 0.15) is 5.75 Å². The molecule has 126 valence electrons. The van der Waals surface area contributed by atoms with Crippen LogP contribution in [0.2, 0.25) is 0 Å². The van der Waals surface area contributed by atoms with Crippen molar-refractivity contribution in [1.29, 1.82) is 0 Å². The van der Waals surface area contributed by atoms with Crippen LogP contribution < -0.4 is 15.4 Å². The summed E-state index contributed by atoms with van der Waals surface area (Å²) in [5, 5.41) is 6.11. The quantitative estimate of drug-likeness (QED) is 0.716. The highest BCUT2D eigenvalue weighted by Gasteiger charge is 2.04. The first-order valence-corrected chi connectivity index (χ1v) is 7.84. The Morgan fingerprint density at radius 3 is 2.68 bits per heavy atom. The van der Waals surface area contributed by atoms with E-state index < -0.39 is 0 Å². The summed E-state index contributed by atoms with van der Waals surface area (Å²) in [5.41, 5.74) is 2.65. The molecular weight excluding hydrogens is 316 g/mol. The van der Waals surface area contributed by atoms with Crippen molar-refractivity contribution in [2.75, 3.05) is 10.6 Å². The van der Waals surface area contributed by atoms with Crippen molar-refractivity contribution >= 4 is 17.3 Å². The predicted molar refractivity (Wildman–Crippen MR) is 96.6 cm³/mol. The molecule has 0 aliphatic carbocycles. The number of pyridine rings is 2. The Balaban J connectivity index is 1.62. The topological polar surface area (TPSA) is 76.1 Å². The molecule has 1 amide bonds. The second-order valence-electron chi connectivity index (χ2n) is 5.37. The first kappa shape index (κ1) is 16.4. The molecule has 0 bridgehead atoms. The van der Waals surface area contributed by atoms with Crippen LogP contribution in [0.25, 0.3) is 0 Å². The van der Waals surface area contributed by atoms with Gasteiger partial charge in [0.25, 0.3) is 0 Å². The normalized spacial score (nSPS) is 10.1. The Kier molecular flexibility index (Phi) is 5.21. The summed E-state index contributed by atoms with van der Waals surface area (Å²) in [4.78, 5) is 19.5. The number of carbonyl (C=O) groups is 1. The first-order valence-electron chi connectivity index (χ1n) is 7.84. The zero-order chi connectivity index (χ0) is 17.5. The molecule has 0 saturated heterocycles. The Morgan fingerprint density at radius 1 is 1.08 bits per heavy atom. The van der Waals surface area contributed by atoms with Crippen molar-refractivity contribution in [3.8, 4) is 11.6 Å². The minimum atomic E-state index is -0.0916. The molecule has 6 heteroatoms. The predicted octanol–water partition coefficient (Wildman–Crippen LogP) is 3.84. The second kappa shape index (κ2) is 7.92. The molecule has 25 heavy (non-hydrogen) atoms. The van der Waals surface area contributed by atoms with Gasteiger partial charge in [-0.25, -0.2) is 4.98 Å². The van der Waals surface area contributed by atoms with E-state index >= 15 is 0 Å². The Hall–Kier alpha value is -3.41. The largest absolute Gasteiger partial charge is 0.437 e. The van der Waals surface area contributed by atoms with Gasteiger partial charge in [-0.15, -0.1) is 0 Å². The Bertz CT molecular complexity index is 836. The van der Waals surface area contributed by atoms with Gasteiger partial charge in [-0.05, 0) is 29.8 Å². The van der Waals surface area contributed by atoms with E-state index in [4.69, 9.17) is 4.74 Å². The highest BCUT2D eigenvalue weighted by molar-refractivity contribution is 5.89. The minimum absolute atomic E-state index is 0.0916. The maximum Gasteiger partial charge on any atom is 0.221 e. The van der Waals surface area contributed by atoms with E-state index in [1.807, 2.05) is 36.4 Å². The molecule has 2 N–H and O–H groups in total. The number of benzene rings is 1. The van der Waals surface area contributed by atoms with Crippen molar-refractivity contribution < 1.29 is 9.53 Å². The number of nitrogens with zero attached hydrogens (tertiary/aromatic N) is 2. The number of hydrogen-bond acceptors (Lipinski definition) is 5. The third-order valence-electron chi connectivity index (χ3n) is 3.40. The molecule has 0 saturated carbocycles. The summed E-state index contributed by atoms with van der Waals surface area (Å²) in [6, 6.07) is 15.0. The maximum atomic E-state index is 11.3. The minimum Gasteiger partial charge on any atom is -0.437 e. The highest BCUT2D eigenvalue weighted by Crippen LogP contribution is 2.20. The zero-order valence-corrected chi connectivity index (χ0v) is 13.8. The molecule has 6 nitrogen and oxygen atoms in total. The third-order valence-corrected chi connectivity index (χ3v) is 3.40. The van der Waals surface area contributed by atoms with E-state index in [-0.39, 0.29) is 5.91 Å². The van der Waals surface area contributed by atoms with Crippen molar-refractivity contribution in [3.63, 3.8) is 0 Å². The van der Waals surface area contributed by atoms with E-state index in [9.17, 15) is 4.79 Å². The number of aromatic nitrogens is 2. The summed E-state index contributed by atoms with van der Waals surface area (Å²) in [5.74, 6) is 1.04. The van der Waals surface area contributed by atoms with Crippen LogP contribution in [-0.4, -0.2) is 15.9 Å². The van der Waals surface area contributed by atoms with E-state index in [2.05, 4.69) is 20.6 Å². The highest BCUT2D eigenvalue weighted by atomic mass is 16.5. The molecule has 0 unspecified atom stereocenters. The fourth-order valence-electron chi connectivity index (χ4n) is 2.26. The van der Waals surface area contributed by atoms with Crippen molar-refractivity contribution in [2.24, 2.45) is 0 Å². The van der Waals surface area contributed by atoms with Gasteiger partial charge in [-0.1, -0.05) is 18.2 Å². The SMILES string of the molecule is CC(=O)Nc1ccccc1CNc1ccc(Oc2cccnc2)nc1. The lowest BCUT2D eigenvalue weighted by Gasteiger charge is -2.12. The van der Waals surface area contributed by atoms with E-state index in [1.54, 1.807) is 30.7 Å². The molecule has 0 atom stereocenters. The van der Waals surface area contributed by atoms with E-state index in [1.165, 1.54) is 6.92 Å². The standard InChI is InChI=1S/C19H18N4O2/c1-14(24)23-18-7-3-2-5-15(18)11-21-16-8-9-19(22-12-16)25-17-6-4-10-20-13-17/h2-10,12-13,21H,11H2,1H3,(H,23,24). The molecule has 0 fully saturated rings. The number of para-hydroxylation sites is 1. The van der Waals surface area contributed by atoms with E-state index in [0.717, 1.165) is 16.9 Å². The number of nitrogens with one attached hydrogen (secondary N) is 2. The summed E-state index contributed by atoms with van der Waals surface area (Å²) in [7, 11) is 0. The lowest BCUT2D eigenvalue weighted by molar-refractivity contribution is -0.114. The maximum absolute atomic E-state index is 11.3. The van der Waals surface area contributed by atoms with Gasteiger partial charge in [-0.2, -0.15) is 0 Å². The zero-order valence-electron chi connectivity index (χ0n) is 13.8. The number of anilines is 2. The number of carbonyl (C=O) groups excluding carboxylic acids is 1. The van der Waals surface area contributed by atoms with Crippen molar-refractivity contribution in [1.82, 2.24) is 9.97 Å². The van der Waals surface area contributed by atoms with Crippen molar-refractivity contribution in [3.05, 3.63) is 72.7 Å². The molecule has 3 rings (SSSR count). The molecular formula is C19H18N4O2. The summed E-state index contributed by atoms with van der Waals surface area (Å²) < 4.78 is 5.61. The first-order chi connectivity index (χ1) is 12.2. The number of hydrogen-bond donors (Lipinski definition) is 2. The molecule has 0 spiro atoms. The lowest BCUT2D eigenvalue weighted by Crippen LogP contribution is -2.10. The van der Waals surface area contributed by atoms with Crippen LogP contribution in [0.5, 0.6) is 11.6 Å². The van der Waals surface area contributed by atoms with Gasteiger partial charge in [0.05, 0.1) is 18.1 Å². The van der Waals surface area contributed by atoms with Gasteiger partial charge in [0, 0.05) is 31.4 Å². The monoisotopic (exact) mass is 334 g/mol. The van der Waals surface area contributed by atoms with Gasteiger partial charge >= 0.3 is 0 Å². The van der Waals surface area contributed by atoms with Crippen LogP contribution in [0.15, 0.2) is 67.1 Å². The number of amides is 1. The second-order valence-corrected chi connectivity index (χ2v) is 5.37. The molecule has 1 aromatic carbocycles. The van der Waals surface area contributed by atoms with E-state index in [0.29, 0.717) is 18.2 Å². The molecule has 2 heterocycles. The van der Waals surface area contributed by atoms with Gasteiger partial charge in [0.2, 0.25) is 11.8 Å². The number of rotatable bonds is 6. The third kappa shape index (κ3) is 4.78. The van der Waals surface area contributed by atoms with Crippen LogP contribution in [0.3, 0.4) is 0 Å². The summed E-state index contributed by atoms with van der Waals surface area (Å²) in [6.07, 6.45) is 5.02. The Labute approximate surface area is 145 Å². The average Bonchev–Trinajstić information content (AvgIpc) is 2.63. The molecule has 2 aromatic heterocycles. The van der Waals surface area contributed by atoms with Crippen molar-refractivity contribution in [2.45, 2.75) is 13.5 Å². The van der Waals surface area contributed by atoms with Crippen LogP contribution in [-0.2, 0) is 11.3 Å². The summed E-state index contributed by atoms with van der Waals surface area (Å²) >= 11 is 0. The van der Waals surface area contributed by atoms with Crippen LogP contribution in [0.4, 0.5) is 11.4 Å². The van der Waals surface area contributed by atoms with Gasteiger partial charge in [0.15, 0.2) is 0 Å². The van der Waals surface area contributed by atoms with Crippen LogP contribution >= 0.6 is 0 Å². The number of ether oxygens (including phenoxy) is 1. The molecule has 0 aliphatic heterocycles.